The van der Waals surface area contributed by atoms with Crippen molar-refractivity contribution in [3.05, 3.63) is 23.8 Å². The van der Waals surface area contributed by atoms with Crippen LogP contribution in [0.5, 0.6) is 0 Å². The van der Waals surface area contributed by atoms with E-state index in [4.69, 9.17) is 0 Å². The maximum absolute atomic E-state index is 13.1. The Hall–Kier alpha value is -1.65. The number of carbonyl (C=O) groups excluding carboxylic acids is 1. The van der Waals surface area contributed by atoms with Crippen LogP contribution >= 0.6 is 0 Å². The number of hydrogen-bond acceptors (Lipinski definition) is 2. The van der Waals surface area contributed by atoms with Gasteiger partial charge in [-0.15, -0.1) is 0 Å². The van der Waals surface area contributed by atoms with Gasteiger partial charge in [0.2, 0.25) is 5.91 Å². The van der Waals surface area contributed by atoms with Crippen LogP contribution in [0.3, 0.4) is 0 Å². The topological polar surface area (TPSA) is 32.3 Å². The van der Waals surface area contributed by atoms with Crippen LogP contribution in [0.1, 0.15) is 13.3 Å². The zero-order chi connectivity index (χ0) is 11.7. The molecule has 0 atom stereocenters. The third kappa shape index (κ3) is 1.85. The summed E-state index contributed by atoms with van der Waals surface area (Å²) in [6.45, 7) is 2.57. The SMILES string of the molecule is CC(=O)N1CCCNc2cc(F)c(F)cc21. The predicted octanol–water partition coefficient (Wildman–Crippen LogP) is 2.13. The van der Waals surface area contributed by atoms with Crippen LogP contribution in [0.2, 0.25) is 0 Å². The van der Waals surface area contributed by atoms with Crippen molar-refractivity contribution in [3.63, 3.8) is 0 Å². The second-order valence-electron chi connectivity index (χ2n) is 3.73. The summed E-state index contributed by atoms with van der Waals surface area (Å²) in [6, 6.07) is 2.15. The van der Waals surface area contributed by atoms with Gasteiger partial charge in [-0.1, -0.05) is 0 Å². The molecule has 1 N–H and O–H groups in total. The first kappa shape index (κ1) is 10.9. The highest BCUT2D eigenvalue weighted by atomic mass is 19.2. The number of halogens is 2. The molecular formula is C11H12F2N2O. The van der Waals surface area contributed by atoms with Crippen molar-refractivity contribution >= 4 is 17.3 Å². The molecule has 3 nitrogen and oxygen atoms in total. The van der Waals surface area contributed by atoms with Crippen molar-refractivity contribution in [1.82, 2.24) is 0 Å². The highest BCUT2D eigenvalue weighted by Gasteiger charge is 2.20. The lowest BCUT2D eigenvalue weighted by atomic mass is 10.2. The Kier molecular flexibility index (Phi) is 2.77. The number of nitrogens with one attached hydrogen (secondary N) is 1. The number of amides is 1. The molecule has 86 valence electrons. The minimum atomic E-state index is -0.936. The van der Waals surface area contributed by atoms with Crippen LogP contribution in [-0.2, 0) is 4.79 Å². The van der Waals surface area contributed by atoms with E-state index in [1.165, 1.54) is 11.8 Å². The van der Waals surface area contributed by atoms with Crippen LogP contribution in [0.4, 0.5) is 20.2 Å². The molecule has 0 spiro atoms. The molecule has 1 heterocycles. The van der Waals surface area contributed by atoms with Gasteiger partial charge in [-0.05, 0) is 6.42 Å². The summed E-state index contributed by atoms with van der Waals surface area (Å²) < 4.78 is 26.2. The second kappa shape index (κ2) is 4.08. The van der Waals surface area contributed by atoms with Crippen molar-refractivity contribution in [1.29, 1.82) is 0 Å². The van der Waals surface area contributed by atoms with Crippen molar-refractivity contribution in [2.75, 3.05) is 23.3 Å². The Bertz CT molecular complexity index is 434. The van der Waals surface area contributed by atoms with Gasteiger partial charge in [-0.25, -0.2) is 8.78 Å². The van der Waals surface area contributed by atoms with E-state index in [0.717, 1.165) is 18.6 Å². The van der Waals surface area contributed by atoms with Gasteiger partial charge in [-0.3, -0.25) is 4.79 Å². The molecule has 0 saturated carbocycles. The van der Waals surface area contributed by atoms with Gasteiger partial charge in [0.25, 0.3) is 0 Å². The highest BCUT2D eigenvalue weighted by Crippen LogP contribution is 2.30. The van der Waals surface area contributed by atoms with E-state index in [9.17, 15) is 13.6 Å². The molecule has 16 heavy (non-hydrogen) atoms. The molecule has 0 saturated heterocycles. The van der Waals surface area contributed by atoms with Gasteiger partial charge in [-0.2, -0.15) is 0 Å². The number of nitrogens with zero attached hydrogens (tertiary/aromatic N) is 1. The quantitative estimate of drug-likeness (QED) is 0.735. The van der Waals surface area contributed by atoms with Crippen molar-refractivity contribution in [2.45, 2.75) is 13.3 Å². The average molecular weight is 226 g/mol. The molecule has 1 amide bonds. The minimum Gasteiger partial charge on any atom is -0.383 e. The van der Waals surface area contributed by atoms with Gasteiger partial charge in [0, 0.05) is 32.1 Å². The average Bonchev–Trinajstić information content (AvgIpc) is 2.41. The maximum atomic E-state index is 13.1. The first-order valence-corrected chi connectivity index (χ1v) is 5.10. The van der Waals surface area contributed by atoms with Gasteiger partial charge >= 0.3 is 0 Å². The molecular weight excluding hydrogens is 214 g/mol. The number of hydrogen-bond donors (Lipinski definition) is 1. The fourth-order valence-electron chi connectivity index (χ4n) is 1.81. The smallest absolute Gasteiger partial charge is 0.223 e. The van der Waals surface area contributed by atoms with E-state index in [0.29, 0.717) is 24.5 Å². The summed E-state index contributed by atoms with van der Waals surface area (Å²) in [5, 5.41) is 2.98. The zero-order valence-corrected chi connectivity index (χ0v) is 8.89. The monoisotopic (exact) mass is 226 g/mol. The number of benzene rings is 1. The molecule has 0 aromatic heterocycles. The van der Waals surface area contributed by atoms with E-state index in [1.54, 1.807) is 0 Å². The van der Waals surface area contributed by atoms with Crippen molar-refractivity contribution in [3.8, 4) is 0 Å². The van der Waals surface area contributed by atoms with Crippen LogP contribution in [-0.4, -0.2) is 19.0 Å². The van der Waals surface area contributed by atoms with Crippen LogP contribution in [0.25, 0.3) is 0 Å². The lowest BCUT2D eigenvalue weighted by Gasteiger charge is -2.20. The molecule has 0 unspecified atom stereocenters. The van der Waals surface area contributed by atoms with Gasteiger partial charge < -0.3 is 10.2 Å². The van der Waals surface area contributed by atoms with Gasteiger partial charge in [0.15, 0.2) is 11.6 Å². The number of rotatable bonds is 0. The summed E-state index contributed by atoms with van der Waals surface area (Å²) in [7, 11) is 0. The lowest BCUT2D eigenvalue weighted by Crippen LogP contribution is -2.29. The van der Waals surface area contributed by atoms with E-state index in [1.807, 2.05) is 0 Å². The van der Waals surface area contributed by atoms with E-state index in [2.05, 4.69) is 5.32 Å². The first-order chi connectivity index (χ1) is 7.59. The number of anilines is 2. The summed E-state index contributed by atoms with van der Waals surface area (Å²) in [4.78, 5) is 12.8. The van der Waals surface area contributed by atoms with E-state index in [-0.39, 0.29) is 5.91 Å². The molecule has 0 bridgehead atoms. The molecule has 1 aliphatic heterocycles. The Labute approximate surface area is 92.1 Å². The largest absolute Gasteiger partial charge is 0.383 e. The Balaban J connectivity index is 2.52. The molecule has 2 rings (SSSR count). The van der Waals surface area contributed by atoms with Crippen molar-refractivity contribution < 1.29 is 13.6 Å². The zero-order valence-electron chi connectivity index (χ0n) is 8.89. The predicted molar refractivity (Wildman–Crippen MR) is 57.5 cm³/mol. The van der Waals surface area contributed by atoms with E-state index >= 15 is 0 Å². The summed E-state index contributed by atoms with van der Waals surface area (Å²) in [5.41, 5.74) is 0.871. The Morgan fingerprint density at radius 1 is 1.38 bits per heavy atom. The van der Waals surface area contributed by atoms with Crippen molar-refractivity contribution in [2.24, 2.45) is 0 Å². The molecule has 1 aromatic carbocycles. The summed E-state index contributed by atoms with van der Waals surface area (Å²) >= 11 is 0. The third-order valence-electron chi connectivity index (χ3n) is 2.58. The first-order valence-electron chi connectivity index (χ1n) is 5.10. The minimum absolute atomic E-state index is 0.170. The number of carbonyl (C=O) groups is 1. The Morgan fingerprint density at radius 3 is 2.75 bits per heavy atom. The van der Waals surface area contributed by atoms with Crippen LogP contribution in [0, 0.1) is 11.6 Å². The molecule has 0 fully saturated rings. The van der Waals surface area contributed by atoms with Gasteiger partial charge in [0.05, 0.1) is 11.4 Å². The maximum Gasteiger partial charge on any atom is 0.223 e. The van der Waals surface area contributed by atoms with Crippen LogP contribution in [0.15, 0.2) is 12.1 Å². The fourth-order valence-corrected chi connectivity index (χ4v) is 1.81. The summed E-state index contributed by atoms with van der Waals surface area (Å²) in [5.74, 6) is -2.01. The summed E-state index contributed by atoms with van der Waals surface area (Å²) in [6.07, 6.45) is 0.748. The second-order valence-corrected chi connectivity index (χ2v) is 3.73. The third-order valence-corrected chi connectivity index (χ3v) is 2.58. The fraction of sp³-hybridized carbons (Fsp3) is 0.364. The molecule has 1 aromatic rings. The normalized spacial score (nSPS) is 15.1. The lowest BCUT2D eigenvalue weighted by molar-refractivity contribution is -0.116. The van der Waals surface area contributed by atoms with Crippen LogP contribution < -0.4 is 10.2 Å². The Morgan fingerprint density at radius 2 is 2.06 bits per heavy atom. The molecule has 0 radical (unpaired) electrons. The molecule has 1 aliphatic rings. The van der Waals surface area contributed by atoms with Gasteiger partial charge in [0.1, 0.15) is 0 Å². The standard InChI is InChI=1S/C11H12F2N2O/c1-7(16)15-4-2-3-14-10-5-8(12)9(13)6-11(10)15/h5-6,14H,2-4H2,1H3. The number of fused-ring (bicyclic) bond motifs is 1. The highest BCUT2D eigenvalue weighted by molar-refractivity contribution is 5.95. The molecule has 0 aliphatic carbocycles. The molecule has 5 heteroatoms. The van der Waals surface area contributed by atoms with E-state index < -0.39 is 11.6 Å².